The lowest BCUT2D eigenvalue weighted by atomic mass is 9.96. The fourth-order valence-corrected chi connectivity index (χ4v) is 2.70. The molecule has 0 bridgehead atoms. The van der Waals surface area contributed by atoms with Gasteiger partial charge in [-0.2, -0.15) is 17.5 Å². The second-order valence-corrected chi connectivity index (χ2v) is 5.77. The van der Waals surface area contributed by atoms with Crippen LogP contribution in [0.2, 0.25) is 0 Å². The highest BCUT2D eigenvalue weighted by atomic mass is 32.2. The number of imide groups is 1. The predicted octanol–water partition coefficient (Wildman–Crippen LogP) is 4.07. The monoisotopic (exact) mass is 365 g/mol. The average Bonchev–Trinajstić information content (AvgIpc) is 2.84. The molecule has 2 amide bonds. The van der Waals surface area contributed by atoms with Gasteiger partial charge in [0.1, 0.15) is 12.0 Å². The van der Waals surface area contributed by atoms with Gasteiger partial charge in [0, 0.05) is 0 Å². The minimum absolute atomic E-state index is 0.000394. The van der Waals surface area contributed by atoms with Crippen molar-refractivity contribution < 1.29 is 27.0 Å². The van der Waals surface area contributed by atoms with Crippen molar-refractivity contribution in [2.75, 3.05) is 0 Å². The third-order valence-corrected chi connectivity index (χ3v) is 3.79. The lowest BCUT2D eigenvalue weighted by molar-refractivity contribution is -0.160. The second kappa shape index (κ2) is 6.73. The molecule has 4 nitrogen and oxygen atoms in total. The van der Waals surface area contributed by atoms with Crippen LogP contribution in [-0.2, 0) is 13.9 Å². The van der Waals surface area contributed by atoms with Crippen LogP contribution in [0.4, 0.5) is 13.2 Å². The molecule has 0 radical (unpaired) electrons. The smallest absolute Gasteiger partial charge is 0.266 e. The molecule has 25 heavy (non-hydrogen) atoms. The van der Waals surface area contributed by atoms with Gasteiger partial charge in [-0.25, -0.2) is 0 Å². The Balaban J connectivity index is 2.06. The van der Waals surface area contributed by atoms with Gasteiger partial charge in [0.25, 0.3) is 11.8 Å². The molecule has 3 rings (SSSR count). The van der Waals surface area contributed by atoms with E-state index < -0.39 is 29.4 Å². The Morgan fingerprint density at radius 2 is 1.16 bits per heavy atom. The Morgan fingerprint density at radius 3 is 1.52 bits per heavy atom. The maximum atomic E-state index is 12.6. The number of hydroxylamine groups is 2. The predicted molar refractivity (Wildman–Crippen MR) is 86.3 cm³/mol. The Kier molecular flexibility index (Phi) is 4.65. The highest BCUT2D eigenvalue weighted by molar-refractivity contribution is 7.95. The summed E-state index contributed by atoms with van der Waals surface area (Å²) in [6.45, 7) is 0. The number of amides is 2. The van der Waals surface area contributed by atoms with Crippen molar-refractivity contribution in [1.82, 2.24) is 5.06 Å². The van der Waals surface area contributed by atoms with Crippen LogP contribution in [0.25, 0.3) is 11.1 Å². The number of rotatable bonds is 4. The minimum Gasteiger partial charge on any atom is -0.266 e. The summed E-state index contributed by atoms with van der Waals surface area (Å²) in [6, 6.07) is 16.5. The first-order valence-corrected chi connectivity index (χ1v) is 7.79. The first-order valence-electron chi connectivity index (χ1n) is 7.05. The molecule has 1 aliphatic rings. The molecule has 0 N–H and O–H groups in total. The van der Waals surface area contributed by atoms with E-state index in [0.29, 0.717) is 11.1 Å². The Hall–Kier alpha value is -2.58. The van der Waals surface area contributed by atoms with Gasteiger partial charge >= 0.3 is 5.51 Å². The summed E-state index contributed by atoms with van der Waals surface area (Å²) in [5.74, 6) is -1.88. The molecule has 2 aromatic rings. The van der Waals surface area contributed by atoms with Gasteiger partial charge in [0.05, 0.1) is 11.1 Å². The first-order chi connectivity index (χ1) is 11.9. The highest BCUT2D eigenvalue weighted by Gasteiger charge is 2.43. The normalized spacial score (nSPS) is 15.2. The molecule has 0 saturated heterocycles. The summed E-state index contributed by atoms with van der Waals surface area (Å²) in [6.07, 6.45) is 0. The molecule has 1 aliphatic heterocycles. The fourth-order valence-electron chi connectivity index (χ4n) is 2.40. The standard InChI is InChI=1S/C17H10F3NO3S/c18-17(19,20)25-24-21-15(22)13(11-7-3-1-4-8-11)14(16(21)23)12-9-5-2-6-10-12/h1-10H. The van der Waals surface area contributed by atoms with Crippen molar-refractivity contribution in [2.45, 2.75) is 5.51 Å². The summed E-state index contributed by atoms with van der Waals surface area (Å²) >= 11 is -0.910. The van der Waals surface area contributed by atoms with E-state index in [9.17, 15) is 22.8 Å². The summed E-state index contributed by atoms with van der Waals surface area (Å²) in [4.78, 5) is 25.1. The van der Waals surface area contributed by atoms with Crippen LogP contribution >= 0.6 is 12.0 Å². The Bertz CT molecular complexity index is 774. The molecule has 0 unspecified atom stereocenters. The summed E-state index contributed by atoms with van der Waals surface area (Å²) in [5.41, 5.74) is -3.91. The van der Waals surface area contributed by atoms with Gasteiger partial charge in [-0.15, -0.1) is 5.06 Å². The third-order valence-electron chi connectivity index (χ3n) is 3.38. The maximum Gasteiger partial charge on any atom is 0.470 e. The van der Waals surface area contributed by atoms with Crippen LogP contribution in [0.1, 0.15) is 11.1 Å². The Morgan fingerprint density at radius 1 is 0.760 bits per heavy atom. The van der Waals surface area contributed by atoms with Gasteiger partial charge in [-0.3, -0.25) is 9.59 Å². The largest absolute Gasteiger partial charge is 0.470 e. The number of alkyl halides is 3. The second-order valence-electron chi connectivity index (χ2n) is 4.99. The molecular formula is C17H10F3NO3S. The van der Waals surface area contributed by atoms with E-state index in [1.165, 1.54) is 0 Å². The SMILES string of the molecule is O=C1C(c2ccccc2)=C(c2ccccc2)C(=O)N1OSC(F)(F)F. The van der Waals surface area contributed by atoms with Crippen LogP contribution in [0.5, 0.6) is 0 Å². The van der Waals surface area contributed by atoms with Crippen LogP contribution in [0.15, 0.2) is 60.7 Å². The highest BCUT2D eigenvalue weighted by Crippen LogP contribution is 2.39. The molecular weight excluding hydrogens is 355 g/mol. The molecule has 0 aliphatic carbocycles. The van der Waals surface area contributed by atoms with Gasteiger partial charge < -0.3 is 0 Å². The zero-order valence-electron chi connectivity index (χ0n) is 12.5. The number of carbonyl (C=O) groups excluding carboxylic acids is 2. The van der Waals surface area contributed by atoms with Crippen molar-refractivity contribution in [3.63, 3.8) is 0 Å². The van der Waals surface area contributed by atoms with E-state index in [0.717, 1.165) is 0 Å². The van der Waals surface area contributed by atoms with Crippen LogP contribution in [0.3, 0.4) is 0 Å². The zero-order valence-corrected chi connectivity index (χ0v) is 13.3. The number of benzene rings is 2. The molecule has 0 aromatic heterocycles. The van der Waals surface area contributed by atoms with E-state index >= 15 is 0 Å². The zero-order chi connectivity index (χ0) is 18.0. The van der Waals surface area contributed by atoms with Crippen molar-refractivity contribution in [2.24, 2.45) is 0 Å². The third kappa shape index (κ3) is 3.59. The summed E-state index contributed by atoms with van der Waals surface area (Å²) in [5, 5.41) is 0.142. The van der Waals surface area contributed by atoms with E-state index in [-0.39, 0.29) is 16.2 Å². The average molecular weight is 365 g/mol. The molecule has 8 heteroatoms. The van der Waals surface area contributed by atoms with Gasteiger partial charge in [-0.05, 0) is 11.1 Å². The molecule has 0 fully saturated rings. The van der Waals surface area contributed by atoms with E-state index in [4.69, 9.17) is 0 Å². The maximum absolute atomic E-state index is 12.6. The number of hydrogen-bond acceptors (Lipinski definition) is 4. The molecule has 1 heterocycles. The van der Waals surface area contributed by atoms with Crippen molar-refractivity contribution in [1.29, 1.82) is 0 Å². The molecule has 2 aromatic carbocycles. The number of halogens is 3. The van der Waals surface area contributed by atoms with E-state index in [1.807, 2.05) is 0 Å². The lowest BCUT2D eigenvalue weighted by Gasteiger charge is -2.14. The van der Waals surface area contributed by atoms with Crippen LogP contribution in [0, 0.1) is 0 Å². The Labute approximate surface area is 145 Å². The van der Waals surface area contributed by atoms with Gasteiger partial charge in [-0.1, -0.05) is 60.7 Å². The minimum atomic E-state index is -4.75. The van der Waals surface area contributed by atoms with Crippen molar-refractivity contribution in [3.05, 3.63) is 71.8 Å². The lowest BCUT2D eigenvalue weighted by Crippen LogP contribution is -2.30. The van der Waals surface area contributed by atoms with Crippen LogP contribution < -0.4 is 0 Å². The van der Waals surface area contributed by atoms with E-state index in [2.05, 4.69) is 4.28 Å². The number of carbonyl (C=O) groups is 2. The van der Waals surface area contributed by atoms with Gasteiger partial charge in [0.2, 0.25) is 0 Å². The number of hydrogen-bond donors (Lipinski definition) is 0. The summed E-state index contributed by atoms with van der Waals surface area (Å²) < 4.78 is 41.5. The van der Waals surface area contributed by atoms with Crippen molar-refractivity contribution in [3.8, 4) is 0 Å². The topological polar surface area (TPSA) is 46.6 Å². The van der Waals surface area contributed by atoms with Crippen molar-refractivity contribution >= 4 is 35.0 Å². The fraction of sp³-hybridized carbons (Fsp3) is 0.0588. The summed E-state index contributed by atoms with van der Waals surface area (Å²) in [7, 11) is 0. The van der Waals surface area contributed by atoms with Crippen LogP contribution in [-0.4, -0.2) is 22.4 Å². The van der Waals surface area contributed by atoms with E-state index in [1.54, 1.807) is 60.7 Å². The first kappa shape index (κ1) is 17.2. The van der Waals surface area contributed by atoms with Gasteiger partial charge in [0.15, 0.2) is 0 Å². The quantitative estimate of drug-likeness (QED) is 0.605. The molecule has 0 saturated carbocycles. The molecule has 0 atom stereocenters. The number of nitrogens with zero attached hydrogens (tertiary/aromatic N) is 1. The molecule has 128 valence electrons. The molecule has 0 spiro atoms.